The maximum Gasteiger partial charge on any atom is 0.282 e. The smallest absolute Gasteiger partial charge is 0.282 e. The number of benzene rings is 1. The van der Waals surface area contributed by atoms with Crippen LogP contribution >= 0.6 is 12.4 Å². The number of hydrogen-bond donors (Lipinski definition) is 1. The third kappa shape index (κ3) is 3.97. The van der Waals surface area contributed by atoms with Gasteiger partial charge >= 0.3 is 0 Å². The van der Waals surface area contributed by atoms with Gasteiger partial charge in [-0.1, -0.05) is 23.4 Å². The van der Waals surface area contributed by atoms with Crippen molar-refractivity contribution in [3.05, 3.63) is 42.4 Å². The summed E-state index contributed by atoms with van der Waals surface area (Å²) in [4.78, 5) is 6.81. The van der Waals surface area contributed by atoms with Crippen molar-refractivity contribution in [3.63, 3.8) is 0 Å². The summed E-state index contributed by atoms with van der Waals surface area (Å²) < 4.78 is 13.0. The van der Waals surface area contributed by atoms with Crippen molar-refractivity contribution < 1.29 is 9.26 Å². The Hall–Kier alpha value is -2.42. The lowest BCUT2D eigenvalue weighted by molar-refractivity contribution is 0.190. The van der Waals surface area contributed by atoms with E-state index in [2.05, 4.69) is 32.5 Å². The zero-order valence-electron chi connectivity index (χ0n) is 15.3. The molecule has 1 aromatic carbocycles. The van der Waals surface area contributed by atoms with Gasteiger partial charge in [0, 0.05) is 19.6 Å². The lowest BCUT2D eigenvalue weighted by Crippen LogP contribution is -2.44. The molecule has 1 aliphatic rings. The second-order valence-electron chi connectivity index (χ2n) is 6.21. The number of rotatable bonds is 5. The number of hydrogen-bond acceptors (Lipinski definition) is 7. The summed E-state index contributed by atoms with van der Waals surface area (Å²) in [6.45, 7) is 5.18. The fourth-order valence-corrected chi connectivity index (χ4v) is 3.04. The molecule has 9 heteroatoms. The van der Waals surface area contributed by atoms with Crippen molar-refractivity contribution in [3.8, 4) is 23.0 Å². The van der Waals surface area contributed by atoms with Crippen LogP contribution in [0.25, 0.3) is 17.3 Å². The van der Waals surface area contributed by atoms with Crippen molar-refractivity contribution >= 4 is 12.4 Å². The normalized spacial score (nSPS) is 17.5. The van der Waals surface area contributed by atoms with Gasteiger partial charge in [-0.2, -0.15) is 10.1 Å². The first-order chi connectivity index (χ1) is 12.8. The minimum Gasteiger partial charge on any atom is -0.490 e. The molecule has 0 saturated carbocycles. The lowest BCUT2D eigenvalue weighted by Gasteiger charge is -2.30. The topological polar surface area (TPSA) is 81.2 Å². The quantitative estimate of drug-likeness (QED) is 0.715. The van der Waals surface area contributed by atoms with E-state index >= 15 is 0 Å². The molecule has 1 aliphatic heterocycles. The second-order valence-corrected chi connectivity index (χ2v) is 6.21. The van der Waals surface area contributed by atoms with Crippen LogP contribution in [0.3, 0.4) is 0 Å². The summed E-state index contributed by atoms with van der Waals surface area (Å²) >= 11 is 0. The minimum absolute atomic E-state index is 0. The van der Waals surface area contributed by atoms with E-state index in [0.29, 0.717) is 29.8 Å². The highest BCUT2D eigenvalue weighted by Gasteiger charge is 2.27. The minimum atomic E-state index is 0. The molecule has 2 aromatic heterocycles. The number of piperazine rings is 1. The molecule has 8 nitrogen and oxygen atoms in total. The van der Waals surface area contributed by atoms with Gasteiger partial charge in [0.15, 0.2) is 17.3 Å². The Bertz CT molecular complexity index is 866. The van der Waals surface area contributed by atoms with Crippen LogP contribution in [0.4, 0.5) is 0 Å². The summed E-state index contributed by atoms with van der Waals surface area (Å²) in [6, 6.07) is 9.95. The summed E-state index contributed by atoms with van der Waals surface area (Å²) in [7, 11) is 2.07. The average molecular weight is 391 g/mol. The number of nitrogens with one attached hydrogen (secondary N) is 1. The van der Waals surface area contributed by atoms with Gasteiger partial charge in [0.05, 0.1) is 24.5 Å². The Morgan fingerprint density at radius 1 is 1.30 bits per heavy atom. The number of aromatic nitrogens is 4. The predicted molar refractivity (Wildman–Crippen MR) is 104 cm³/mol. The molecule has 4 rings (SSSR count). The van der Waals surface area contributed by atoms with Gasteiger partial charge in [-0.25, -0.2) is 4.68 Å². The molecule has 1 N–H and O–H groups in total. The fourth-order valence-electron chi connectivity index (χ4n) is 3.04. The van der Waals surface area contributed by atoms with Gasteiger partial charge in [-0.15, -0.1) is 12.4 Å². The molecule has 1 fully saturated rings. The van der Waals surface area contributed by atoms with E-state index in [-0.39, 0.29) is 18.4 Å². The Morgan fingerprint density at radius 3 is 2.85 bits per heavy atom. The first-order valence-electron chi connectivity index (χ1n) is 8.79. The van der Waals surface area contributed by atoms with Gasteiger partial charge in [0.1, 0.15) is 0 Å². The summed E-state index contributed by atoms with van der Waals surface area (Å²) in [5.41, 5.74) is 1.50. The second kappa shape index (κ2) is 8.51. The van der Waals surface area contributed by atoms with Gasteiger partial charge in [-0.3, -0.25) is 4.90 Å². The molecular formula is C18H23ClN6O2. The van der Waals surface area contributed by atoms with Gasteiger partial charge in [0.25, 0.3) is 5.89 Å². The molecule has 144 valence electrons. The number of para-hydroxylation sites is 1. The van der Waals surface area contributed by atoms with Crippen LogP contribution in [0.15, 0.2) is 41.1 Å². The highest BCUT2D eigenvalue weighted by atomic mass is 35.5. The van der Waals surface area contributed by atoms with E-state index in [1.807, 2.05) is 43.5 Å². The molecule has 0 aliphatic carbocycles. The zero-order valence-corrected chi connectivity index (χ0v) is 16.1. The molecule has 1 atom stereocenters. The maximum atomic E-state index is 5.74. The van der Waals surface area contributed by atoms with E-state index in [0.717, 1.165) is 25.3 Å². The molecule has 1 saturated heterocycles. The van der Waals surface area contributed by atoms with Crippen molar-refractivity contribution in [1.82, 2.24) is 30.1 Å². The Labute approximate surface area is 163 Å². The van der Waals surface area contributed by atoms with E-state index in [4.69, 9.17) is 9.26 Å². The number of nitrogens with zero attached hydrogens (tertiary/aromatic N) is 5. The maximum absolute atomic E-state index is 5.74. The highest BCUT2D eigenvalue weighted by molar-refractivity contribution is 5.85. The fraction of sp³-hybridized carbons (Fsp3) is 0.389. The molecule has 1 unspecified atom stereocenters. The van der Waals surface area contributed by atoms with Crippen LogP contribution in [-0.4, -0.2) is 58.1 Å². The Balaban J connectivity index is 0.00000210. The van der Waals surface area contributed by atoms with Crippen LogP contribution in [-0.2, 0) is 0 Å². The monoisotopic (exact) mass is 390 g/mol. The Morgan fingerprint density at radius 2 is 2.11 bits per heavy atom. The van der Waals surface area contributed by atoms with Crippen molar-refractivity contribution in [2.24, 2.45) is 0 Å². The predicted octanol–water partition coefficient (Wildman–Crippen LogP) is 2.32. The largest absolute Gasteiger partial charge is 0.490 e. The van der Waals surface area contributed by atoms with Crippen LogP contribution in [0.2, 0.25) is 0 Å². The number of likely N-dealkylation sites (N-methyl/N-ethyl adjacent to an activating group) is 1. The SMILES string of the molecule is CCOc1cn(-c2ccccc2)nc1-c1nc(C2CNCCN2C)no1.Cl. The van der Waals surface area contributed by atoms with Crippen molar-refractivity contribution in [2.45, 2.75) is 13.0 Å². The molecule has 27 heavy (non-hydrogen) atoms. The molecule has 3 heterocycles. The zero-order chi connectivity index (χ0) is 17.9. The first-order valence-corrected chi connectivity index (χ1v) is 8.79. The van der Waals surface area contributed by atoms with Crippen LogP contribution in [0.1, 0.15) is 18.8 Å². The molecule has 0 amide bonds. The van der Waals surface area contributed by atoms with Gasteiger partial charge < -0.3 is 14.6 Å². The highest BCUT2D eigenvalue weighted by Crippen LogP contribution is 2.30. The van der Waals surface area contributed by atoms with Crippen LogP contribution in [0.5, 0.6) is 5.75 Å². The van der Waals surface area contributed by atoms with E-state index in [1.54, 1.807) is 4.68 Å². The van der Waals surface area contributed by atoms with Crippen LogP contribution in [0, 0.1) is 0 Å². The molecular weight excluding hydrogens is 368 g/mol. The summed E-state index contributed by atoms with van der Waals surface area (Å²) in [5, 5.41) is 12.2. The number of halogens is 1. The van der Waals surface area contributed by atoms with Crippen LogP contribution < -0.4 is 10.1 Å². The molecule has 3 aromatic rings. The van der Waals surface area contributed by atoms with Crippen molar-refractivity contribution in [2.75, 3.05) is 33.3 Å². The third-order valence-electron chi connectivity index (χ3n) is 4.45. The Kier molecular flexibility index (Phi) is 6.10. The van der Waals surface area contributed by atoms with E-state index in [9.17, 15) is 0 Å². The summed E-state index contributed by atoms with van der Waals surface area (Å²) in [6.07, 6.45) is 1.84. The first kappa shape index (κ1) is 19.3. The standard InChI is InChI=1S/C18H22N6O2.ClH/c1-3-25-15-12-24(13-7-5-4-6-8-13)21-16(15)18-20-17(22-26-18)14-11-19-9-10-23(14)2;/h4-8,12,14,19H,3,9-11H2,1-2H3;1H. The lowest BCUT2D eigenvalue weighted by atomic mass is 10.2. The van der Waals surface area contributed by atoms with Crippen molar-refractivity contribution in [1.29, 1.82) is 0 Å². The molecule has 0 bridgehead atoms. The molecule has 0 radical (unpaired) electrons. The number of ether oxygens (including phenoxy) is 1. The molecule has 0 spiro atoms. The average Bonchev–Trinajstić information content (AvgIpc) is 3.30. The summed E-state index contributed by atoms with van der Waals surface area (Å²) in [5.74, 6) is 1.66. The van der Waals surface area contributed by atoms with E-state index in [1.165, 1.54) is 0 Å². The van der Waals surface area contributed by atoms with Gasteiger partial charge in [0.2, 0.25) is 0 Å². The third-order valence-corrected chi connectivity index (χ3v) is 4.45. The van der Waals surface area contributed by atoms with Gasteiger partial charge in [-0.05, 0) is 26.1 Å². The van der Waals surface area contributed by atoms with E-state index < -0.39 is 0 Å².